The molecule has 2 aromatic rings. The fraction of sp³-hybridized carbons (Fsp3) is 0.444. The van der Waals surface area contributed by atoms with Crippen LogP contribution in [0.1, 0.15) is 6.42 Å². The molecule has 1 aromatic carbocycles. The highest BCUT2D eigenvalue weighted by atomic mass is 32.2. The number of anilines is 3. The molecule has 1 unspecified atom stereocenters. The molecule has 1 N–H and O–H groups in total. The van der Waals surface area contributed by atoms with E-state index in [4.69, 9.17) is 0 Å². The van der Waals surface area contributed by atoms with Crippen molar-refractivity contribution in [2.45, 2.75) is 12.5 Å². The van der Waals surface area contributed by atoms with Gasteiger partial charge in [-0.15, -0.1) is 0 Å². The molecule has 0 aliphatic carbocycles. The fourth-order valence-corrected chi connectivity index (χ4v) is 5.24. The van der Waals surface area contributed by atoms with E-state index in [1.54, 1.807) is 18.3 Å². The van der Waals surface area contributed by atoms with Crippen molar-refractivity contribution in [2.24, 2.45) is 0 Å². The minimum Gasteiger partial charge on any atom is -0.366 e. The highest BCUT2D eigenvalue weighted by molar-refractivity contribution is 7.91. The number of hydrogen-bond acceptors (Lipinski definition) is 7. The van der Waals surface area contributed by atoms with Crippen molar-refractivity contribution in [2.75, 3.05) is 52.8 Å². The lowest BCUT2D eigenvalue weighted by molar-refractivity contribution is 0.596. The van der Waals surface area contributed by atoms with Crippen molar-refractivity contribution in [3.05, 3.63) is 42.3 Å². The van der Waals surface area contributed by atoms with E-state index in [-0.39, 0.29) is 23.4 Å². The first-order chi connectivity index (χ1) is 13.0. The largest absolute Gasteiger partial charge is 0.366 e. The van der Waals surface area contributed by atoms with E-state index in [2.05, 4.69) is 20.2 Å². The van der Waals surface area contributed by atoms with E-state index in [9.17, 15) is 12.8 Å². The van der Waals surface area contributed by atoms with Crippen LogP contribution >= 0.6 is 0 Å². The second kappa shape index (κ2) is 7.30. The van der Waals surface area contributed by atoms with Crippen molar-refractivity contribution < 1.29 is 12.8 Å². The van der Waals surface area contributed by atoms with Gasteiger partial charge in [0.2, 0.25) is 5.95 Å². The number of nitrogens with zero attached hydrogens (tertiary/aromatic N) is 4. The van der Waals surface area contributed by atoms with E-state index in [1.807, 2.05) is 17.0 Å². The van der Waals surface area contributed by atoms with Gasteiger partial charge < -0.3 is 15.1 Å². The number of sulfone groups is 1. The molecule has 1 aromatic heterocycles. The molecule has 0 saturated carbocycles. The minimum atomic E-state index is -2.95. The zero-order chi connectivity index (χ0) is 18.9. The maximum absolute atomic E-state index is 14.0. The first kappa shape index (κ1) is 18.0. The highest BCUT2D eigenvalue weighted by Crippen LogP contribution is 2.23. The molecule has 4 rings (SSSR count). The third-order valence-corrected chi connectivity index (χ3v) is 6.77. The van der Waals surface area contributed by atoms with E-state index in [0.29, 0.717) is 31.1 Å². The number of nitrogens with one attached hydrogen (secondary N) is 1. The summed E-state index contributed by atoms with van der Waals surface area (Å²) in [5.74, 6) is 1.38. The average Bonchev–Trinajstić information content (AvgIpc) is 3.01. The standard InChI is InChI=1S/C18H22FN5O2S/c19-15-3-1-2-4-16(15)23-8-10-24(11-9-23)17-5-7-20-18(22-17)21-14-6-12-27(25,26)13-14/h1-5,7,14H,6,8-13H2,(H,20,21,22). The SMILES string of the molecule is O=S1(=O)CCC(Nc2nccc(N3CCN(c4ccccc4F)CC3)n2)C1. The molecule has 144 valence electrons. The summed E-state index contributed by atoms with van der Waals surface area (Å²) in [7, 11) is -2.95. The van der Waals surface area contributed by atoms with Crippen LogP contribution in [0.5, 0.6) is 0 Å². The van der Waals surface area contributed by atoms with Gasteiger partial charge in [0.15, 0.2) is 9.84 Å². The Morgan fingerprint density at radius 2 is 1.81 bits per heavy atom. The Morgan fingerprint density at radius 1 is 1.07 bits per heavy atom. The summed E-state index contributed by atoms with van der Waals surface area (Å²) in [6.07, 6.45) is 2.26. The normalized spacial score (nSPS) is 22.0. The number of rotatable bonds is 4. The van der Waals surface area contributed by atoms with Gasteiger partial charge in [0.25, 0.3) is 0 Å². The molecule has 1 atom stereocenters. The van der Waals surface area contributed by atoms with Crippen LogP contribution in [0.4, 0.5) is 21.8 Å². The van der Waals surface area contributed by atoms with Gasteiger partial charge in [-0.3, -0.25) is 0 Å². The lowest BCUT2D eigenvalue weighted by Gasteiger charge is -2.36. The summed E-state index contributed by atoms with van der Waals surface area (Å²) < 4.78 is 37.2. The topological polar surface area (TPSA) is 78.4 Å². The molecule has 0 bridgehead atoms. The molecular formula is C18H22FN5O2S. The van der Waals surface area contributed by atoms with Gasteiger partial charge in [-0.05, 0) is 24.6 Å². The third-order valence-electron chi connectivity index (χ3n) is 5.00. The Hall–Kier alpha value is -2.42. The Bertz CT molecular complexity index is 915. The second-order valence-corrected chi connectivity index (χ2v) is 9.14. The highest BCUT2D eigenvalue weighted by Gasteiger charge is 2.28. The Balaban J connectivity index is 1.39. The Morgan fingerprint density at radius 3 is 2.52 bits per heavy atom. The van der Waals surface area contributed by atoms with Crippen LogP contribution in [-0.4, -0.2) is 62.1 Å². The maximum atomic E-state index is 14.0. The fourth-order valence-electron chi connectivity index (χ4n) is 3.57. The first-order valence-corrected chi connectivity index (χ1v) is 10.9. The van der Waals surface area contributed by atoms with E-state index >= 15 is 0 Å². The van der Waals surface area contributed by atoms with Crippen LogP contribution in [0.25, 0.3) is 0 Å². The molecule has 2 aliphatic rings. The number of aromatic nitrogens is 2. The van der Waals surface area contributed by atoms with Gasteiger partial charge >= 0.3 is 0 Å². The van der Waals surface area contributed by atoms with Gasteiger partial charge in [-0.1, -0.05) is 12.1 Å². The summed E-state index contributed by atoms with van der Waals surface area (Å²) >= 11 is 0. The number of piperazine rings is 1. The Labute approximate surface area is 158 Å². The quantitative estimate of drug-likeness (QED) is 0.847. The summed E-state index contributed by atoms with van der Waals surface area (Å²) in [5, 5.41) is 3.13. The second-order valence-electron chi connectivity index (χ2n) is 6.91. The van der Waals surface area contributed by atoms with Crippen LogP contribution in [0, 0.1) is 5.82 Å². The van der Waals surface area contributed by atoms with Crippen LogP contribution in [0.15, 0.2) is 36.5 Å². The van der Waals surface area contributed by atoms with Crippen LogP contribution in [0.2, 0.25) is 0 Å². The summed E-state index contributed by atoms with van der Waals surface area (Å²) in [5.41, 5.74) is 0.629. The summed E-state index contributed by atoms with van der Waals surface area (Å²) in [4.78, 5) is 12.9. The third kappa shape index (κ3) is 4.13. The van der Waals surface area contributed by atoms with E-state index in [1.165, 1.54) is 6.07 Å². The van der Waals surface area contributed by atoms with Crippen LogP contribution < -0.4 is 15.1 Å². The Kier molecular flexibility index (Phi) is 4.86. The zero-order valence-electron chi connectivity index (χ0n) is 14.9. The molecule has 3 heterocycles. The summed E-state index contributed by atoms with van der Waals surface area (Å²) in [6.45, 7) is 2.86. The predicted octanol–water partition coefficient (Wildman–Crippen LogP) is 1.54. The van der Waals surface area contributed by atoms with Crippen molar-refractivity contribution in [1.82, 2.24) is 9.97 Å². The number of halogens is 1. The lowest BCUT2D eigenvalue weighted by Crippen LogP contribution is -2.47. The predicted molar refractivity (Wildman–Crippen MR) is 104 cm³/mol. The number of benzene rings is 1. The van der Waals surface area contributed by atoms with E-state index in [0.717, 1.165) is 18.9 Å². The minimum absolute atomic E-state index is 0.127. The molecule has 0 radical (unpaired) electrons. The van der Waals surface area contributed by atoms with Crippen molar-refractivity contribution in [3.8, 4) is 0 Å². The molecule has 7 nitrogen and oxygen atoms in total. The van der Waals surface area contributed by atoms with Gasteiger partial charge in [0, 0.05) is 38.4 Å². The van der Waals surface area contributed by atoms with Crippen molar-refractivity contribution in [1.29, 1.82) is 0 Å². The molecule has 2 fully saturated rings. The molecular weight excluding hydrogens is 369 g/mol. The smallest absolute Gasteiger partial charge is 0.224 e. The maximum Gasteiger partial charge on any atom is 0.224 e. The first-order valence-electron chi connectivity index (χ1n) is 9.05. The molecule has 2 saturated heterocycles. The number of hydrogen-bond donors (Lipinski definition) is 1. The van der Waals surface area contributed by atoms with Gasteiger partial charge in [0.1, 0.15) is 11.6 Å². The average molecular weight is 391 g/mol. The molecule has 0 amide bonds. The molecule has 0 spiro atoms. The van der Waals surface area contributed by atoms with Crippen molar-refractivity contribution >= 4 is 27.3 Å². The zero-order valence-corrected chi connectivity index (χ0v) is 15.7. The summed E-state index contributed by atoms with van der Waals surface area (Å²) in [6, 6.07) is 8.52. The van der Waals surface area contributed by atoms with E-state index < -0.39 is 9.84 Å². The van der Waals surface area contributed by atoms with Crippen molar-refractivity contribution in [3.63, 3.8) is 0 Å². The molecule has 2 aliphatic heterocycles. The van der Waals surface area contributed by atoms with Gasteiger partial charge in [0.05, 0.1) is 17.2 Å². The monoisotopic (exact) mass is 391 g/mol. The molecule has 27 heavy (non-hydrogen) atoms. The lowest BCUT2D eigenvalue weighted by atomic mass is 10.2. The number of para-hydroxylation sites is 1. The van der Waals surface area contributed by atoms with Crippen LogP contribution in [-0.2, 0) is 9.84 Å². The van der Waals surface area contributed by atoms with Gasteiger partial charge in [-0.2, -0.15) is 4.98 Å². The van der Waals surface area contributed by atoms with Gasteiger partial charge in [-0.25, -0.2) is 17.8 Å². The van der Waals surface area contributed by atoms with Crippen LogP contribution in [0.3, 0.4) is 0 Å². The molecule has 9 heteroatoms.